The first-order chi connectivity index (χ1) is 13.4. The van der Waals surface area contributed by atoms with Crippen LogP contribution in [0.3, 0.4) is 0 Å². The van der Waals surface area contributed by atoms with Crippen LogP contribution < -0.4 is 5.32 Å². The molecule has 0 bridgehead atoms. The number of amides is 2. The molecule has 0 fully saturated rings. The van der Waals surface area contributed by atoms with Gasteiger partial charge in [0.15, 0.2) is 0 Å². The molecule has 0 heterocycles. The summed E-state index contributed by atoms with van der Waals surface area (Å²) in [6.45, 7) is 6.28. The van der Waals surface area contributed by atoms with E-state index in [0.29, 0.717) is 24.4 Å². The van der Waals surface area contributed by atoms with Gasteiger partial charge in [-0.25, -0.2) is 0 Å². The fourth-order valence-electron chi connectivity index (χ4n) is 3.20. The van der Waals surface area contributed by atoms with Gasteiger partial charge in [0.1, 0.15) is 6.04 Å². The maximum atomic E-state index is 13.1. The van der Waals surface area contributed by atoms with E-state index in [1.54, 1.807) is 17.0 Å². The molecule has 2 aromatic carbocycles. The van der Waals surface area contributed by atoms with Crippen LogP contribution in [0.25, 0.3) is 0 Å². The Balaban J connectivity index is 2.20. The maximum absolute atomic E-state index is 13.1. The molecule has 1 N–H and O–H groups in total. The van der Waals surface area contributed by atoms with Crippen molar-refractivity contribution in [2.45, 2.75) is 52.1 Å². The normalized spacial score (nSPS) is 11.9. The summed E-state index contributed by atoms with van der Waals surface area (Å²) in [5, 5.41) is 3.55. The minimum absolute atomic E-state index is 0.0283. The van der Waals surface area contributed by atoms with Gasteiger partial charge in [0.2, 0.25) is 11.8 Å². The Kier molecular flexibility index (Phi) is 8.52. The van der Waals surface area contributed by atoms with E-state index >= 15 is 0 Å². The van der Waals surface area contributed by atoms with E-state index < -0.39 is 6.04 Å². The third-order valence-electron chi connectivity index (χ3n) is 4.55. The smallest absolute Gasteiger partial charge is 0.242 e. The molecule has 0 aliphatic rings. The predicted molar refractivity (Wildman–Crippen MR) is 114 cm³/mol. The fourth-order valence-corrected chi connectivity index (χ4v) is 3.41. The zero-order valence-electron chi connectivity index (χ0n) is 16.8. The van der Waals surface area contributed by atoms with Gasteiger partial charge in [-0.3, -0.25) is 9.59 Å². The molecule has 0 radical (unpaired) electrons. The molecule has 5 heteroatoms. The lowest BCUT2D eigenvalue weighted by molar-refractivity contribution is -0.140. The van der Waals surface area contributed by atoms with Crippen LogP contribution in [0.15, 0.2) is 54.6 Å². The van der Waals surface area contributed by atoms with Gasteiger partial charge in [-0.2, -0.15) is 0 Å². The second kappa shape index (κ2) is 10.9. The lowest BCUT2D eigenvalue weighted by Crippen LogP contribution is -2.51. The summed E-state index contributed by atoms with van der Waals surface area (Å²) in [6, 6.07) is 16.8. The van der Waals surface area contributed by atoms with Gasteiger partial charge in [0.25, 0.3) is 0 Å². The Morgan fingerprint density at radius 3 is 2.32 bits per heavy atom. The summed E-state index contributed by atoms with van der Waals surface area (Å²) in [6.07, 6.45) is 1.49. The summed E-state index contributed by atoms with van der Waals surface area (Å²) in [4.78, 5) is 27.6. The molecule has 0 aliphatic carbocycles. The number of nitrogens with zero attached hydrogens (tertiary/aromatic N) is 1. The van der Waals surface area contributed by atoms with Crippen molar-refractivity contribution in [3.8, 4) is 0 Å². The van der Waals surface area contributed by atoms with Gasteiger partial charge in [-0.15, -0.1) is 0 Å². The van der Waals surface area contributed by atoms with Gasteiger partial charge in [0, 0.05) is 17.6 Å². The van der Waals surface area contributed by atoms with Crippen LogP contribution in [0.2, 0.25) is 5.02 Å². The van der Waals surface area contributed by atoms with Crippen LogP contribution in [0.5, 0.6) is 0 Å². The zero-order chi connectivity index (χ0) is 20.5. The molecule has 0 unspecified atom stereocenters. The highest BCUT2D eigenvalue weighted by Gasteiger charge is 2.28. The monoisotopic (exact) mass is 400 g/mol. The second-order valence-electron chi connectivity index (χ2n) is 7.22. The van der Waals surface area contributed by atoms with Crippen molar-refractivity contribution in [3.63, 3.8) is 0 Å². The molecular weight excluding hydrogens is 372 g/mol. The van der Waals surface area contributed by atoms with Gasteiger partial charge in [-0.1, -0.05) is 61.0 Å². The van der Waals surface area contributed by atoms with E-state index in [2.05, 4.69) is 5.32 Å². The number of halogens is 1. The first kappa shape index (κ1) is 22.0. The molecule has 0 aromatic heterocycles. The van der Waals surface area contributed by atoms with E-state index in [4.69, 9.17) is 11.6 Å². The number of benzene rings is 2. The Labute approximate surface area is 172 Å². The van der Waals surface area contributed by atoms with Crippen LogP contribution in [0, 0.1) is 0 Å². The average molecular weight is 401 g/mol. The molecule has 28 heavy (non-hydrogen) atoms. The highest BCUT2D eigenvalue weighted by molar-refractivity contribution is 6.30. The Morgan fingerprint density at radius 2 is 1.71 bits per heavy atom. The van der Waals surface area contributed by atoms with E-state index in [0.717, 1.165) is 11.1 Å². The molecule has 4 nitrogen and oxygen atoms in total. The Hall–Kier alpha value is -2.33. The molecule has 1 atom stereocenters. The van der Waals surface area contributed by atoms with Gasteiger partial charge in [0.05, 0.1) is 6.42 Å². The summed E-state index contributed by atoms with van der Waals surface area (Å²) in [7, 11) is 0. The topological polar surface area (TPSA) is 49.4 Å². The summed E-state index contributed by atoms with van der Waals surface area (Å²) in [5.41, 5.74) is 1.99. The van der Waals surface area contributed by atoms with E-state index in [1.807, 2.05) is 63.2 Å². The van der Waals surface area contributed by atoms with Crippen molar-refractivity contribution in [1.29, 1.82) is 0 Å². The zero-order valence-corrected chi connectivity index (χ0v) is 17.6. The largest absolute Gasteiger partial charge is 0.352 e. The van der Waals surface area contributed by atoms with Crippen LogP contribution in [-0.4, -0.2) is 35.3 Å². The molecule has 0 aliphatic heterocycles. The van der Waals surface area contributed by atoms with Crippen LogP contribution in [0.4, 0.5) is 0 Å². The first-order valence-corrected chi connectivity index (χ1v) is 10.2. The van der Waals surface area contributed by atoms with E-state index in [-0.39, 0.29) is 24.3 Å². The fraction of sp³-hybridized carbons (Fsp3) is 0.391. The molecule has 2 aromatic rings. The van der Waals surface area contributed by atoms with E-state index in [1.165, 1.54) is 0 Å². The van der Waals surface area contributed by atoms with Crippen LogP contribution in [0.1, 0.15) is 38.3 Å². The van der Waals surface area contributed by atoms with Gasteiger partial charge < -0.3 is 10.2 Å². The Bertz CT molecular complexity index is 777. The summed E-state index contributed by atoms with van der Waals surface area (Å²) in [5.74, 6) is -0.172. The maximum Gasteiger partial charge on any atom is 0.242 e. The lowest BCUT2D eigenvalue weighted by atomic mass is 10.1. The number of carbonyl (C=O) groups is 2. The van der Waals surface area contributed by atoms with Crippen molar-refractivity contribution in [1.82, 2.24) is 10.2 Å². The molecule has 0 spiro atoms. The molecule has 0 saturated carbocycles. The minimum atomic E-state index is -0.488. The molecule has 150 valence electrons. The molecule has 0 saturated heterocycles. The Morgan fingerprint density at radius 1 is 1.04 bits per heavy atom. The van der Waals surface area contributed by atoms with Crippen molar-refractivity contribution in [3.05, 3.63) is 70.7 Å². The van der Waals surface area contributed by atoms with Crippen molar-refractivity contribution >= 4 is 23.4 Å². The second-order valence-corrected chi connectivity index (χ2v) is 7.65. The highest BCUT2D eigenvalue weighted by atomic mass is 35.5. The minimum Gasteiger partial charge on any atom is -0.352 e. The van der Waals surface area contributed by atoms with Crippen LogP contribution >= 0.6 is 11.6 Å². The third-order valence-corrected chi connectivity index (χ3v) is 4.78. The number of hydrogen-bond acceptors (Lipinski definition) is 2. The quantitative estimate of drug-likeness (QED) is 0.683. The highest BCUT2D eigenvalue weighted by Crippen LogP contribution is 2.15. The third kappa shape index (κ3) is 6.68. The van der Waals surface area contributed by atoms with Crippen molar-refractivity contribution in [2.75, 3.05) is 6.54 Å². The van der Waals surface area contributed by atoms with E-state index in [9.17, 15) is 9.59 Å². The van der Waals surface area contributed by atoms with Gasteiger partial charge in [-0.05, 0) is 49.9 Å². The van der Waals surface area contributed by atoms with Crippen LogP contribution in [-0.2, 0) is 22.4 Å². The molecule has 2 amide bonds. The average Bonchev–Trinajstić information content (AvgIpc) is 2.65. The number of nitrogens with one attached hydrogen (secondary N) is 1. The van der Waals surface area contributed by atoms with Crippen molar-refractivity contribution < 1.29 is 9.59 Å². The number of hydrogen-bond donors (Lipinski definition) is 1. The SMILES string of the molecule is CC[C@H](C(=O)NC(C)C)N(CCc1ccccc1)C(=O)Cc1cccc(Cl)c1. The predicted octanol–water partition coefficient (Wildman–Crippen LogP) is 4.26. The molecule has 2 rings (SSSR count). The van der Waals surface area contributed by atoms with Crippen molar-refractivity contribution in [2.24, 2.45) is 0 Å². The summed E-state index contributed by atoms with van der Waals surface area (Å²) < 4.78 is 0. The molecular formula is C23H29ClN2O2. The first-order valence-electron chi connectivity index (χ1n) is 9.79. The number of carbonyl (C=O) groups excluding carboxylic acids is 2. The lowest BCUT2D eigenvalue weighted by Gasteiger charge is -2.31. The summed E-state index contributed by atoms with van der Waals surface area (Å²) >= 11 is 6.06. The number of rotatable bonds is 9. The standard InChI is InChI=1S/C23H29ClN2O2/c1-4-21(23(28)25-17(2)3)26(14-13-18-9-6-5-7-10-18)22(27)16-19-11-8-12-20(24)15-19/h5-12,15,17,21H,4,13-14,16H2,1-3H3,(H,25,28)/t21-/m1/s1. The van der Waals surface area contributed by atoms with Gasteiger partial charge >= 0.3 is 0 Å².